The lowest BCUT2D eigenvalue weighted by Gasteiger charge is -2.07. The topological polar surface area (TPSA) is 66.4 Å². The highest BCUT2D eigenvalue weighted by Gasteiger charge is 2.06. The van der Waals surface area contributed by atoms with Gasteiger partial charge < -0.3 is 10.4 Å². The smallest absolute Gasteiger partial charge is 0.331 e. The van der Waals surface area contributed by atoms with E-state index in [0.717, 1.165) is 23.7 Å². The van der Waals surface area contributed by atoms with Gasteiger partial charge in [-0.25, -0.2) is 4.79 Å². The maximum absolute atomic E-state index is 11.5. The van der Waals surface area contributed by atoms with E-state index in [1.165, 1.54) is 6.92 Å². The van der Waals surface area contributed by atoms with Gasteiger partial charge in [-0.15, -0.1) is 0 Å². The highest BCUT2D eigenvalue weighted by atomic mass is 16.4. The average Bonchev–Trinajstić information content (AvgIpc) is 2.29. The summed E-state index contributed by atoms with van der Waals surface area (Å²) in [6.45, 7) is 3.37. The van der Waals surface area contributed by atoms with Gasteiger partial charge in [-0.05, 0) is 25.0 Å². The van der Waals surface area contributed by atoms with Crippen molar-refractivity contribution in [2.24, 2.45) is 0 Å². The SMILES string of the molecule is CCc1ccccc1NC(=O)/C=C(\C)C(=O)O. The number of aliphatic carboxylic acids is 1. The number of carboxylic acids is 1. The number of amides is 1. The molecular formula is C13H15NO3. The zero-order valence-electron chi connectivity index (χ0n) is 9.86. The molecule has 0 heterocycles. The van der Waals surface area contributed by atoms with Gasteiger partial charge in [0.15, 0.2) is 0 Å². The lowest BCUT2D eigenvalue weighted by molar-refractivity contribution is -0.132. The molecule has 0 fully saturated rings. The number of nitrogens with one attached hydrogen (secondary N) is 1. The van der Waals surface area contributed by atoms with Crippen LogP contribution in [-0.4, -0.2) is 17.0 Å². The van der Waals surface area contributed by atoms with Crippen molar-refractivity contribution in [3.8, 4) is 0 Å². The van der Waals surface area contributed by atoms with Gasteiger partial charge in [0.25, 0.3) is 0 Å². The highest BCUT2D eigenvalue weighted by Crippen LogP contribution is 2.15. The minimum atomic E-state index is -1.09. The zero-order valence-corrected chi connectivity index (χ0v) is 9.86. The molecule has 17 heavy (non-hydrogen) atoms. The monoisotopic (exact) mass is 233 g/mol. The van der Waals surface area contributed by atoms with Crippen molar-refractivity contribution in [3.05, 3.63) is 41.5 Å². The number of benzene rings is 1. The van der Waals surface area contributed by atoms with Crippen LogP contribution in [0, 0.1) is 0 Å². The predicted octanol–water partition coefficient (Wildman–Crippen LogP) is 2.22. The summed E-state index contributed by atoms with van der Waals surface area (Å²) >= 11 is 0. The normalized spacial score (nSPS) is 11.1. The Morgan fingerprint density at radius 1 is 1.35 bits per heavy atom. The fourth-order valence-corrected chi connectivity index (χ4v) is 1.38. The van der Waals surface area contributed by atoms with E-state index in [2.05, 4.69) is 5.32 Å². The molecular weight excluding hydrogens is 218 g/mol. The minimum Gasteiger partial charge on any atom is -0.478 e. The van der Waals surface area contributed by atoms with Crippen LogP contribution in [0.1, 0.15) is 19.4 Å². The maximum atomic E-state index is 11.5. The second-order valence-electron chi connectivity index (χ2n) is 3.63. The number of hydrogen-bond donors (Lipinski definition) is 2. The fraction of sp³-hybridized carbons (Fsp3) is 0.231. The predicted molar refractivity (Wildman–Crippen MR) is 65.8 cm³/mol. The number of para-hydroxylation sites is 1. The van der Waals surface area contributed by atoms with Gasteiger partial charge in [0, 0.05) is 17.3 Å². The van der Waals surface area contributed by atoms with Crippen LogP contribution in [0.3, 0.4) is 0 Å². The van der Waals surface area contributed by atoms with Crippen molar-refractivity contribution in [1.29, 1.82) is 0 Å². The zero-order chi connectivity index (χ0) is 12.8. The summed E-state index contributed by atoms with van der Waals surface area (Å²) in [6, 6.07) is 7.43. The number of aryl methyl sites for hydroxylation is 1. The Morgan fingerprint density at radius 3 is 2.59 bits per heavy atom. The van der Waals surface area contributed by atoms with Crippen LogP contribution in [0.15, 0.2) is 35.9 Å². The van der Waals surface area contributed by atoms with Gasteiger partial charge in [-0.3, -0.25) is 4.79 Å². The molecule has 90 valence electrons. The summed E-state index contributed by atoms with van der Waals surface area (Å²) < 4.78 is 0. The molecule has 1 amide bonds. The molecule has 1 aromatic rings. The van der Waals surface area contributed by atoms with Gasteiger partial charge in [0.1, 0.15) is 0 Å². The van der Waals surface area contributed by atoms with Gasteiger partial charge in [-0.2, -0.15) is 0 Å². The summed E-state index contributed by atoms with van der Waals surface area (Å²) in [6.07, 6.45) is 1.88. The van der Waals surface area contributed by atoms with Crippen LogP contribution in [0.25, 0.3) is 0 Å². The summed E-state index contributed by atoms with van der Waals surface area (Å²) in [5.41, 5.74) is 1.74. The number of carboxylic acid groups (broad SMARTS) is 1. The Kier molecular flexibility index (Phi) is 4.46. The third-order valence-corrected chi connectivity index (χ3v) is 2.34. The first-order valence-electron chi connectivity index (χ1n) is 5.35. The van der Waals surface area contributed by atoms with E-state index in [9.17, 15) is 9.59 Å². The quantitative estimate of drug-likeness (QED) is 0.783. The third kappa shape index (κ3) is 3.75. The fourth-order valence-electron chi connectivity index (χ4n) is 1.38. The molecule has 4 nitrogen and oxygen atoms in total. The molecule has 1 aromatic carbocycles. The molecule has 0 aromatic heterocycles. The number of carbonyl (C=O) groups excluding carboxylic acids is 1. The van der Waals surface area contributed by atoms with E-state index >= 15 is 0 Å². The molecule has 1 rings (SSSR count). The maximum Gasteiger partial charge on any atom is 0.331 e. The number of carbonyl (C=O) groups is 2. The molecule has 2 N–H and O–H groups in total. The Bertz CT molecular complexity index is 463. The second-order valence-corrected chi connectivity index (χ2v) is 3.63. The van der Waals surface area contributed by atoms with Crippen molar-refractivity contribution in [2.75, 3.05) is 5.32 Å². The lowest BCUT2D eigenvalue weighted by Crippen LogP contribution is -2.12. The second kappa shape index (κ2) is 5.84. The third-order valence-electron chi connectivity index (χ3n) is 2.34. The largest absolute Gasteiger partial charge is 0.478 e. The van der Waals surface area contributed by atoms with E-state index < -0.39 is 11.9 Å². The summed E-state index contributed by atoms with van der Waals surface area (Å²) in [5.74, 6) is -1.52. The number of hydrogen-bond acceptors (Lipinski definition) is 2. The Hall–Kier alpha value is -2.10. The first-order chi connectivity index (χ1) is 8.04. The molecule has 0 saturated heterocycles. The summed E-state index contributed by atoms with van der Waals surface area (Å²) in [4.78, 5) is 22.1. The van der Waals surface area contributed by atoms with Crippen molar-refractivity contribution >= 4 is 17.6 Å². The molecule has 0 radical (unpaired) electrons. The van der Waals surface area contributed by atoms with Crippen LogP contribution in [0.2, 0.25) is 0 Å². The van der Waals surface area contributed by atoms with Crippen molar-refractivity contribution < 1.29 is 14.7 Å². The van der Waals surface area contributed by atoms with Crippen LogP contribution >= 0.6 is 0 Å². The van der Waals surface area contributed by atoms with Gasteiger partial charge in [0.2, 0.25) is 5.91 Å². The molecule has 0 atom stereocenters. The lowest BCUT2D eigenvalue weighted by atomic mass is 10.1. The Labute approximate surface area is 100.0 Å². The van der Waals surface area contributed by atoms with E-state index in [0.29, 0.717) is 0 Å². The Balaban J connectivity index is 2.82. The summed E-state index contributed by atoms with van der Waals surface area (Å²) in [7, 11) is 0. The molecule has 0 unspecified atom stereocenters. The number of anilines is 1. The van der Waals surface area contributed by atoms with E-state index in [1.54, 1.807) is 6.07 Å². The van der Waals surface area contributed by atoms with Crippen LogP contribution in [0.5, 0.6) is 0 Å². The minimum absolute atomic E-state index is 0.0106. The molecule has 0 aliphatic heterocycles. The molecule has 0 aliphatic carbocycles. The van der Waals surface area contributed by atoms with Crippen molar-refractivity contribution in [1.82, 2.24) is 0 Å². The van der Waals surface area contributed by atoms with Crippen LogP contribution in [-0.2, 0) is 16.0 Å². The van der Waals surface area contributed by atoms with Crippen molar-refractivity contribution in [3.63, 3.8) is 0 Å². The first-order valence-corrected chi connectivity index (χ1v) is 5.35. The first kappa shape index (κ1) is 13.0. The van der Waals surface area contributed by atoms with Gasteiger partial charge in [0.05, 0.1) is 0 Å². The molecule has 0 spiro atoms. The molecule has 4 heteroatoms. The van der Waals surface area contributed by atoms with Crippen molar-refractivity contribution in [2.45, 2.75) is 20.3 Å². The van der Waals surface area contributed by atoms with E-state index in [-0.39, 0.29) is 5.57 Å². The molecule has 0 saturated carbocycles. The Morgan fingerprint density at radius 2 is 2.00 bits per heavy atom. The average molecular weight is 233 g/mol. The summed E-state index contributed by atoms with van der Waals surface area (Å²) in [5, 5.41) is 11.3. The van der Waals surface area contributed by atoms with E-state index in [1.807, 2.05) is 25.1 Å². The van der Waals surface area contributed by atoms with Crippen LogP contribution in [0.4, 0.5) is 5.69 Å². The molecule has 0 aliphatic rings. The van der Waals surface area contributed by atoms with Gasteiger partial charge in [-0.1, -0.05) is 25.1 Å². The molecule has 0 bridgehead atoms. The number of rotatable bonds is 4. The van der Waals surface area contributed by atoms with E-state index in [4.69, 9.17) is 5.11 Å². The van der Waals surface area contributed by atoms with Crippen LogP contribution < -0.4 is 5.32 Å². The highest BCUT2D eigenvalue weighted by molar-refractivity contribution is 6.04. The van der Waals surface area contributed by atoms with Gasteiger partial charge >= 0.3 is 5.97 Å². The standard InChI is InChI=1S/C13H15NO3/c1-3-10-6-4-5-7-11(10)14-12(15)8-9(2)13(16)17/h4-8H,3H2,1-2H3,(H,14,15)(H,16,17)/b9-8+.